The summed E-state index contributed by atoms with van der Waals surface area (Å²) in [6.07, 6.45) is 1.16. The molecule has 22 heavy (non-hydrogen) atoms. The van der Waals surface area contributed by atoms with E-state index in [9.17, 15) is 4.79 Å². The van der Waals surface area contributed by atoms with E-state index in [0.29, 0.717) is 33.6 Å². The molecule has 0 fully saturated rings. The largest absolute Gasteiger partial charge is 0.427 e. The highest BCUT2D eigenvalue weighted by Gasteiger charge is 2.07. The third-order valence-corrected chi connectivity index (χ3v) is 3.63. The zero-order valence-electron chi connectivity index (χ0n) is 12.0. The maximum absolute atomic E-state index is 11.4. The number of halogens is 2. The smallest absolute Gasteiger partial charge is 0.311 e. The monoisotopic (exact) mass is 338 g/mol. The van der Waals surface area contributed by atoms with Crippen molar-refractivity contribution in [2.24, 2.45) is 0 Å². The van der Waals surface area contributed by atoms with E-state index in [1.165, 1.54) is 0 Å². The van der Waals surface area contributed by atoms with Gasteiger partial charge in [-0.25, -0.2) is 0 Å². The highest BCUT2D eigenvalue weighted by Crippen LogP contribution is 2.32. The maximum Gasteiger partial charge on any atom is 0.311 e. The van der Waals surface area contributed by atoms with Crippen LogP contribution in [0.4, 0.5) is 17.1 Å². The Labute approximate surface area is 139 Å². The number of hydrogen-bond acceptors (Lipinski definition) is 4. The Kier molecular flexibility index (Phi) is 5.52. The van der Waals surface area contributed by atoms with Crippen molar-refractivity contribution >= 4 is 46.2 Å². The van der Waals surface area contributed by atoms with Gasteiger partial charge in [0.15, 0.2) is 0 Å². The lowest BCUT2D eigenvalue weighted by atomic mass is 10.2. The second kappa shape index (κ2) is 7.38. The van der Waals surface area contributed by atoms with Crippen molar-refractivity contribution < 1.29 is 9.53 Å². The summed E-state index contributed by atoms with van der Waals surface area (Å²) in [6, 6.07) is 10.3. The van der Waals surface area contributed by atoms with Gasteiger partial charge in [0.25, 0.3) is 0 Å². The van der Waals surface area contributed by atoms with Crippen LogP contribution in [-0.4, -0.2) is 5.97 Å². The quantitative estimate of drug-likeness (QED) is 0.456. The number of nitrogens with two attached hydrogens (primary N) is 1. The Bertz CT molecular complexity index is 673. The fraction of sp³-hybridized carbons (Fsp3) is 0.188. The number of hydrogen-bond donors (Lipinski definition) is 2. The molecule has 4 nitrogen and oxygen atoms in total. The van der Waals surface area contributed by atoms with Gasteiger partial charge in [-0.1, -0.05) is 30.1 Å². The molecular formula is C16H16Cl2N2O2. The Morgan fingerprint density at radius 3 is 2.45 bits per heavy atom. The number of ether oxygens (including phenoxy) is 1. The van der Waals surface area contributed by atoms with E-state index >= 15 is 0 Å². The minimum Gasteiger partial charge on any atom is -0.427 e. The number of esters is 1. The molecule has 3 N–H and O–H groups in total. The van der Waals surface area contributed by atoms with E-state index in [4.69, 9.17) is 33.7 Å². The van der Waals surface area contributed by atoms with Crippen molar-refractivity contribution in [1.29, 1.82) is 0 Å². The lowest BCUT2D eigenvalue weighted by Gasteiger charge is -2.11. The first-order valence-corrected chi connectivity index (χ1v) is 7.57. The van der Waals surface area contributed by atoms with Crippen molar-refractivity contribution in [1.82, 2.24) is 0 Å². The van der Waals surface area contributed by atoms with E-state index in [1.54, 1.807) is 36.4 Å². The minimum atomic E-state index is -0.239. The lowest BCUT2D eigenvalue weighted by Crippen LogP contribution is -2.06. The van der Waals surface area contributed by atoms with Crippen molar-refractivity contribution in [2.45, 2.75) is 19.8 Å². The summed E-state index contributed by atoms with van der Waals surface area (Å²) in [4.78, 5) is 11.4. The van der Waals surface area contributed by atoms with Crippen molar-refractivity contribution in [3.63, 3.8) is 0 Å². The van der Waals surface area contributed by atoms with E-state index in [2.05, 4.69) is 5.32 Å². The molecule has 0 saturated heterocycles. The highest BCUT2D eigenvalue weighted by molar-refractivity contribution is 6.42. The molecule has 116 valence electrons. The van der Waals surface area contributed by atoms with Gasteiger partial charge in [0.1, 0.15) is 5.75 Å². The predicted octanol–water partition coefficient (Wildman–Crippen LogP) is 5.02. The zero-order chi connectivity index (χ0) is 16.1. The number of nitrogen functional groups attached to an aromatic ring is 1. The summed E-state index contributed by atoms with van der Waals surface area (Å²) in [5, 5.41) is 3.96. The van der Waals surface area contributed by atoms with Crippen LogP contribution in [0.3, 0.4) is 0 Å². The van der Waals surface area contributed by atoms with Gasteiger partial charge >= 0.3 is 5.97 Å². The molecule has 2 rings (SSSR count). The molecular weight excluding hydrogens is 323 g/mol. The second-order valence-corrected chi connectivity index (χ2v) is 5.54. The summed E-state index contributed by atoms with van der Waals surface area (Å²) < 4.78 is 5.19. The average molecular weight is 339 g/mol. The molecule has 0 aliphatic rings. The Hall–Kier alpha value is -1.91. The number of benzene rings is 2. The van der Waals surface area contributed by atoms with Crippen LogP contribution in [-0.2, 0) is 4.79 Å². The molecule has 0 unspecified atom stereocenters. The molecule has 0 spiro atoms. The zero-order valence-corrected chi connectivity index (χ0v) is 13.5. The van der Waals surface area contributed by atoms with Crippen LogP contribution in [0.2, 0.25) is 10.0 Å². The van der Waals surface area contributed by atoms with Gasteiger partial charge < -0.3 is 15.8 Å². The number of carbonyl (C=O) groups excluding carboxylic acids is 1. The molecule has 0 radical (unpaired) electrons. The van der Waals surface area contributed by atoms with Crippen LogP contribution in [0.15, 0.2) is 36.4 Å². The van der Waals surface area contributed by atoms with Crippen LogP contribution in [0.1, 0.15) is 19.8 Å². The third-order valence-electron chi connectivity index (χ3n) is 2.91. The Balaban J connectivity index is 2.08. The van der Waals surface area contributed by atoms with E-state index in [0.717, 1.165) is 12.1 Å². The topological polar surface area (TPSA) is 64.3 Å². The van der Waals surface area contributed by atoms with Gasteiger partial charge in [0.2, 0.25) is 0 Å². The predicted molar refractivity (Wildman–Crippen MR) is 91.1 cm³/mol. The standard InChI is InChI=1S/C16H16Cl2N2O2/c1-2-3-16(21)22-11-6-4-10(5-7-11)20-15-9-13(18)12(17)8-14(15)19/h4-9,20H,2-3,19H2,1H3. The van der Waals surface area contributed by atoms with Gasteiger partial charge in [-0.05, 0) is 42.8 Å². The molecule has 0 aliphatic heterocycles. The highest BCUT2D eigenvalue weighted by atomic mass is 35.5. The maximum atomic E-state index is 11.4. The molecule has 6 heteroatoms. The fourth-order valence-electron chi connectivity index (χ4n) is 1.82. The van der Waals surface area contributed by atoms with E-state index < -0.39 is 0 Å². The number of carbonyl (C=O) groups is 1. The first-order chi connectivity index (χ1) is 10.5. The number of anilines is 3. The molecule has 0 aliphatic carbocycles. The Morgan fingerprint density at radius 2 is 1.82 bits per heavy atom. The van der Waals surface area contributed by atoms with E-state index in [1.807, 2.05) is 6.92 Å². The Morgan fingerprint density at radius 1 is 1.18 bits per heavy atom. The van der Waals surface area contributed by atoms with Crippen LogP contribution in [0.5, 0.6) is 5.75 Å². The van der Waals surface area contributed by atoms with Gasteiger partial charge in [0.05, 0.1) is 21.4 Å². The lowest BCUT2D eigenvalue weighted by molar-refractivity contribution is -0.134. The molecule has 0 saturated carbocycles. The normalized spacial score (nSPS) is 10.3. The van der Waals surface area contributed by atoms with Crippen molar-refractivity contribution in [2.75, 3.05) is 11.1 Å². The first-order valence-electron chi connectivity index (χ1n) is 6.82. The summed E-state index contributed by atoms with van der Waals surface area (Å²) in [6.45, 7) is 1.93. The summed E-state index contributed by atoms with van der Waals surface area (Å²) >= 11 is 11.9. The summed E-state index contributed by atoms with van der Waals surface area (Å²) in [7, 11) is 0. The van der Waals surface area contributed by atoms with Crippen LogP contribution >= 0.6 is 23.2 Å². The van der Waals surface area contributed by atoms with Crippen LogP contribution < -0.4 is 15.8 Å². The molecule has 2 aromatic carbocycles. The molecule has 0 amide bonds. The molecule has 0 bridgehead atoms. The SMILES string of the molecule is CCCC(=O)Oc1ccc(Nc2cc(Cl)c(Cl)cc2N)cc1. The van der Waals surface area contributed by atoms with Crippen LogP contribution in [0.25, 0.3) is 0 Å². The summed E-state index contributed by atoms with van der Waals surface area (Å²) in [5.74, 6) is 0.267. The fourth-order valence-corrected chi connectivity index (χ4v) is 2.15. The van der Waals surface area contributed by atoms with Gasteiger partial charge in [-0.3, -0.25) is 4.79 Å². The van der Waals surface area contributed by atoms with Crippen LogP contribution in [0, 0.1) is 0 Å². The van der Waals surface area contributed by atoms with E-state index in [-0.39, 0.29) is 5.97 Å². The van der Waals surface area contributed by atoms with Crippen molar-refractivity contribution in [3.05, 3.63) is 46.4 Å². The molecule has 2 aromatic rings. The number of nitrogens with one attached hydrogen (secondary N) is 1. The first kappa shape index (κ1) is 16.5. The third kappa shape index (κ3) is 4.29. The molecule has 0 atom stereocenters. The summed E-state index contributed by atoms with van der Waals surface area (Å²) in [5.41, 5.74) is 7.84. The van der Waals surface area contributed by atoms with Gasteiger partial charge in [-0.2, -0.15) is 0 Å². The van der Waals surface area contributed by atoms with Gasteiger partial charge in [0, 0.05) is 12.1 Å². The second-order valence-electron chi connectivity index (χ2n) is 4.73. The molecule has 0 heterocycles. The van der Waals surface area contributed by atoms with Crippen molar-refractivity contribution in [3.8, 4) is 5.75 Å². The molecule has 0 aromatic heterocycles. The minimum absolute atomic E-state index is 0.239. The van der Waals surface area contributed by atoms with Gasteiger partial charge in [-0.15, -0.1) is 0 Å². The average Bonchev–Trinajstić information content (AvgIpc) is 2.47. The number of rotatable bonds is 5.